The molecule has 0 spiro atoms. The summed E-state index contributed by atoms with van der Waals surface area (Å²) in [5.74, 6) is 0.246. The van der Waals surface area contributed by atoms with Gasteiger partial charge in [-0.05, 0) is 35.5 Å². The number of hydrogen-bond donors (Lipinski definition) is 0. The van der Waals surface area contributed by atoms with E-state index in [1.54, 1.807) is 36.0 Å². The lowest BCUT2D eigenvalue weighted by Gasteiger charge is -2.16. The molecule has 134 valence electrons. The summed E-state index contributed by atoms with van der Waals surface area (Å²) < 4.78 is 3.52. The van der Waals surface area contributed by atoms with Crippen LogP contribution in [0.4, 0.5) is 0 Å². The Hall–Kier alpha value is -1.25. The largest absolute Gasteiger partial charge is 0.842 e. The summed E-state index contributed by atoms with van der Waals surface area (Å²) in [4.78, 5) is 18.2. The smallest absolute Gasteiger partial charge is 0.345 e. The van der Waals surface area contributed by atoms with Crippen molar-refractivity contribution in [2.75, 3.05) is 5.75 Å². The minimum atomic E-state index is -0.380. The molecule has 1 aliphatic rings. The minimum Gasteiger partial charge on any atom is -0.842 e. The van der Waals surface area contributed by atoms with Gasteiger partial charge in [-0.1, -0.05) is 34.8 Å². The first-order valence-electron chi connectivity index (χ1n) is 7.43. The van der Waals surface area contributed by atoms with Crippen LogP contribution in [0.3, 0.4) is 0 Å². The van der Waals surface area contributed by atoms with Gasteiger partial charge in [0.05, 0.1) is 23.6 Å². The van der Waals surface area contributed by atoms with Crippen molar-refractivity contribution < 1.29 is 9.67 Å². The fraction of sp³-hybridized carbons (Fsp3) is 0.188. The highest BCUT2D eigenvalue weighted by molar-refractivity contribution is 7.99. The number of halogens is 3. The third kappa shape index (κ3) is 2.92. The topological polar surface area (TPSA) is 61.8 Å². The lowest BCUT2D eigenvalue weighted by atomic mass is 10.1. The number of thiazole rings is 1. The van der Waals surface area contributed by atoms with Crippen molar-refractivity contribution in [3.8, 4) is 17.0 Å². The van der Waals surface area contributed by atoms with E-state index in [2.05, 4.69) is 4.98 Å². The molecule has 0 saturated carbocycles. The molecule has 2 aromatic heterocycles. The standard InChI is InChI=1S/C16H10Cl3N3O2S2/c1-21-13(23)12(7-2-8(17)4-9(18)3-7)14(24)22-10(6-25-16(21)22)11-5-20-15(19)26-11/h2-5,10H,6H2,1H3. The summed E-state index contributed by atoms with van der Waals surface area (Å²) >= 11 is 20.9. The Morgan fingerprint density at radius 3 is 2.58 bits per heavy atom. The van der Waals surface area contributed by atoms with Gasteiger partial charge in [-0.2, -0.15) is 4.57 Å². The molecule has 0 saturated heterocycles. The lowest BCUT2D eigenvalue weighted by Crippen LogP contribution is -2.43. The maximum atomic E-state index is 13.2. The van der Waals surface area contributed by atoms with E-state index in [1.165, 1.54) is 27.7 Å². The predicted octanol–water partition coefficient (Wildman–Crippen LogP) is 3.53. The van der Waals surface area contributed by atoms with Gasteiger partial charge >= 0.3 is 10.7 Å². The Morgan fingerprint density at radius 2 is 1.96 bits per heavy atom. The summed E-state index contributed by atoms with van der Waals surface area (Å²) in [6.45, 7) is 0. The van der Waals surface area contributed by atoms with E-state index in [0.717, 1.165) is 4.88 Å². The molecule has 1 aliphatic heterocycles. The zero-order valence-electron chi connectivity index (χ0n) is 13.2. The summed E-state index contributed by atoms with van der Waals surface area (Å²) in [5, 5.41) is 14.2. The Labute approximate surface area is 171 Å². The number of thioether (sulfide) groups is 1. The summed E-state index contributed by atoms with van der Waals surface area (Å²) in [5.41, 5.74) is 0.0751. The maximum Gasteiger partial charge on any atom is 0.345 e. The van der Waals surface area contributed by atoms with Crippen LogP contribution in [0.1, 0.15) is 10.9 Å². The van der Waals surface area contributed by atoms with E-state index in [1.807, 2.05) is 0 Å². The third-order valence-corrected chi connectivity index (χ3v) is 6.96. The quantitative estimate of drug-likeness (QED) is 0.446. The minimum absolute atomic E-state index is 0.0452. The molecule has 0 N–H and O–H groups in total. The fourth-order valence-electron chi connectivity index (χ4n) is 2.96. The van der Waals surface area contributed by atoms with Gasteiger partial charge < -0.3 is 5.11 Å². The molecule has 3 heterocycles. The number of hydrogen-bond acceptors (Lipinski definition) is 5. The van der Waals surface area contributed by atoms with Crippen LogP contribution in [-0.2, 0) is 7.05 Å². The number of benzene rings is 1. The molecule has 10 heteroatoms. The van der Waals surface area contributed by atoms with Crippen LogP contribution >= 0.6 is 57.9 Å². The van der Waals surface area contributed by atoms with E-state index in [4.69, 9.17) is 34.8 Å². The van der Waals surface area contributed by atoms with Crippen LogP contribution in [-0.4, -0.2) is 15.3 Å². The molecule has 5 nitrogen and oxygen atoms in total. The monoisotopic (exact) mass is 445 g/mol. The molecule has 3 aromatic rings. The summed E-state index contributed by atoms with van der Waals surface area (Å²) in [7, 11) is 1.65. The van der Waals surface area contributed by atoms with E-state index < -0.39 is 0 Å². The van der Waals surface area contributed by atoms with Crippen LogP contribution in [0.5, 0.6) is 5.88 Å². The molecule has 1 aromatic carbocycles. The molecule has 26 heavy (non-hydrogen) atoms. The molecular weight excluding hydrogens is 437 g/mol. The molecule has 0 radical (unpaired) electrons. The highest BCUT2D eigenvalue weighted by atomic mass is 35.5. The van der Waals surface area contributed by atoms with Crippen LogP contribution in [0.2, 0.25) is 14.5 Å². The van der Waals surface area contributed by atoms with Crippen LogP contribution in [0.25, 0.3) is 11.1 Å². The first-order chi connectivity index (χ1) is 12.4. The SMILES string of the molecule is C[n+]1c([O-])c(-c2cc(Cl)cc(Cl)c2)c(=O)n2c1SCC2c1cnc(Cl)s1. The molecule has 1 unspecified atom stereocenters. The van der Waals surface area contributed by atoms with Crippen molar-refractivity contribution in [2.45, 2.75) is 11.2 Å². The van der Waals surface area contributed by atoms with Gasteiger partial charge in [-0.25, -0.2) is 14.3 Å². The van der Waals surface area contributed by atoms with Crippen LogP contribution < -0.4 is 15.2 Å². The highest BCUT2D eigenvalue weighted by Gasteiger charge is 2.38. The lowest BCUT2D eigenvalue weighted by molar-refractivity contribution is -0.751. The predicted molar refractivity (Wildman–Crippen MR) is 103 cm³/mol. The Kier molecular flexibility index (Phi) is 4.69. The van der Waals surface area contributed by atoms with Gasteiger partial charge in [0.2, 0.25) is 0 Å². The van der Waals surface area contributed by atoms with Crippen molar-refractivity contribution in [1.29, 1.82) is 0 Å². The first-order valence-corrected chi connectivity index (χ1v) is 10.4. The Bertz CT molecular complexity index is 1080. The summed E-state index contributed by atoms with van der Waals surface area (Å²) in [6, 6.07) is 4.46. The molecule has 4 rings (SSSR count). The second-order valence-corrected chi connectivity index (χ2v) is 9.20. The van der Waals surface area contributed by atoms with Crippen molar-refractivity contribution in [3.05, 3.63) is 54.1 Å². The van der Waals surface area contributed by atoms with E-state index in [0.29, 0.717) is 31.0 Å². The number of rotatable bonds is 2. The molecular formula is C16H10Cl3N3O2S2. The average Bonchev–Trinajstić information content (AvgIpc) is 3.18. The van der Waals surface area contributed by atoms with Crippen molar-refractivity contribution in [2.24, 2.45) is 7.05 Å². The first kappa shape index (κ1) is 18.1. The van der Waals surface area contributed by atoms with Gasteiger partial charge in [-0.15, -0.1) is 11.3 Å². The van der Waals surface area contributed by atoms with Gasteiger partial charge in [0.15, 0.2) is 10.5 Å². The van der Waals surface area contributed by atoms with Gasteiger partial charge in [-0.3, -0.25) is 0 Å². The number of fused-ring (bicyclic) bond motifs is 1. The molecule has 0 bridgehead atoms. The van der Waals surface area contributed by atoms with Crippen molar-refractivity contribution >= 4 is 57.9 Å². The molecule has 0 fully saturated rings. The van der Waals surface area contributed by atoms with Crippen molar-refractivity contribution in [1.82, 2.24) is 9.55 Å². The van der Waals surface area contributed by atoms with E-state index in [9.17, 15) is 9.90 Å². The zero-order valence-corrected chi connectivity index (χ0v) is 17.1. The Morgan fingerprint density at radius 1 is 1.27 bits per heavy atom. The highest BCUT2D eigenvalue weighted by Crippen LogP contribution is 2.39. The second kappa shape index (κ2) is 6.73. The number of aromatic nitrogens is 3. The Balaban J connectivity index is 1.98. The average molecular weight is 447 g/mol. The number of nitrogens with zero attached hydrogens (tertiary/aromatic N) is 3. The second-order valence-electron chi connectivity index (χ2n) is 5.70. The van der Waals surface area contributed by atoms with E-state index >= 15 is 0 Å². The maximum absolute atomic E-state index is 13.2. The molecule has 0 amide bonds. The van der Waals surface area contributed by atoms with E-state index in [-0.39, 0.29) is 23.0 Å². The molecule has 0 aliphatic carbocycles. The normalized spacial score (nSPS) is 16.1. The van der Waals surface area contributed by atoms with Gasteiger partial charge in [0.1, 0.15) is 5.56 Å². The fourth-order valence-corrected chi connectivity index (χ4v) is 5.90. The van der Waals surface area contributed by atoms with Gasteiger partial charge in [0.25, 0.3) is 0 Å². The third-order valence-electron chi connectivity index (χ3n) is 4.10. The summed E-state index contributed by atoms with van der Waals surface area (Å²) in [6.07, 6.45) is 1.67. The van der Waals surface area contributed by atoms with Crippen LogP contribution in [0.15, 0.2) is 34.3 Å². The zero-order chi connectivity index (χ0) is 18.6. The van der Waals surface area contributed by atoms with Gasteiger partial charge in [0, 0.05) is 16.2 Å². The van der Waals surface area contributed by atoms with Crippen LogP contribution in [0, 0.1) is 0 Å². The van der Waals surface area contributed by atoms with Crippen molar-refractivity contribution in [3.63, 3.8) is 0 Å². The molecule has 1 atom stereocenters.